The van der Waals surface area contributed by atoms with Crippen molar-refractivity contribution in [3.8, 4) is 12.3 Å². The smallest absolute Gasteiger partial charge is 0.408 e. The van der Waals surface area contributed by atoms with Crippen molar-refractivity contribution in [2.24, 2.45) is 0 Å². The number of esters is 1. The lowest BCUT2D eigenvalue weighted by molar-refractivity contribution is -0.146. The van der Waals surface area contributed by atoms with Gasteiger partial charge in [-0.05, 0) is 12.8 Å². The minimum absolute atomic E-state index is 0.139. The van der Waals surface area contributed by atoms with E-state index in [4.69, 9.17) is 11.2 Å². The van der Waals surface area contributed by atoms with Gasteiger partial charge in [-0.25, -0.2) is 9.59 Å². The van der Waals surface area contributed by atoms with Crippen molar-refractivity contribution in [3.05, 3.63) is 12.7 Å². The van der Waals surface area contributed by atoms with Crippen molar-refractivity contribution < 1.29 is 19.1 Å². The summed E-state index contributed by atoms with van der Waals surface area (Å²) in [6.07, 6.45) is 12.8. The minimum atomic E-state index is -0.789. The lowest BCUT2D eigenvalue weighted by Crippen LogP contribution is -2.42. The zero-order valence-corrected chi connectivity index (χ0v) is 13.4. The summed E-state index contributed by atoms with van der Waals surface area (Å²) >= 11 is 0. The molecule has 1 atom stereocenters. The number of terminal acetylenes is 1. The van der Waals surface area contributed by atoms with Gasteiger partial charge in [-0.3, -0.25) is 0 Å². The highest BCUT2D eigenvalue weighted by Crippen LogP contribution is 2.06. The molecule has 22 heavy (non-hydrogen) atoms. The molecule has 0 saturated carbocycles. The first-order valence-electron chi connectivity index (χ1n) is 7.80. The standard InChI is InChI=1S/C17H27NO4/c1-4-7-8-9-10-11-14-21-16(19)15(12-5-2)18-17(20)22-13-6-3/h3,5,15H,2,4,7-14H2,1H3,(H,18,20). The van der Waals surface area contributed by atoms with E-state index in [0.29, 0.717) is 6.61 Å². The molecule has 1 N–H and O–H groups in total. The van der Waals surface area contributed by atoms with E-state index in [1.165, 1.54) is 25.3 Å². The molecule has 0 rings (SSSR count). The van der Waals surface area contributed by atoms with Crippen LogP contribution in [0, 0.1) is 12.3 Å². The maximum Gasteiger partial charge on any atom is 0.408 e. The number of carbonyl (C=O) groups excluding carboxylic acids is 2. The third-order valence-electron chi connectivity index (χ3n) is 3.01. The highest BCUT2D eigenvalue weighted by Gasteiger charge is 2.21. The molecule has 0 heterocycles. The van der Waals surface area contributed by atoms with Crippen LogP contribution in [0.3, 0.4) is 0 Å². The van der Waals surface area contributed by atoms with Gasteiger partial charge < -0.3 is 14.8 Å². The molecule has 0 spiro atoms. The van der Waals surface area contributed by atoms with Gasteiger partial charge in [0, 0.05) is 0 Å². The van der Waals surface area contributed by atoms with E-state index in [1.807, 2.05) is 0 Å². The number of carbonyl (C=O) groups is 2. The lowest BCUT2D eigenvalue weighted by atomic mass is 10.1. The Morgan fingerprint density at radius 1 is 1.23 bits per heavy atom. The third kappa shape index (κ3) is 10.8. The molecular weight excluding hydrogens is 282 g/mol. The van der Waals surface area contributed by atoms with Gasteiger partial charge in [-0.15, -0.1) is 13.0 Å². The molecule has 0 aliphatic carbocycles. The Morgan fingerprint density at radius 3 is 2.55 bits per heavy atom. The van der Waals surface area contributed by atoms with Crippen LogP contribution in [0.15, 0.2) is 12.7 Å². The van der Waals surface area contributed by atoms with Gasteiger partial charge in [-0.2, -0.15) is 0 Å². The van der Waals surface area contributed by atoms with Crippen molar-refractivity contribution in [2.45, 2.75) is 57.9 Å². The van der Waals surface area contributed by atoms with Gasteiger partial charge in [0.25, 0.3) is 0 Å². The molecule has 1 unspecified atom stereocenters. The summed E-state index contributed by atoms with van der Waals surface area (Å²) in [4.78, 5) is 23.3. The summed E-state index contributed by atoms with van der Waals surface area (Å²) in [6, 6.07) is -0.789. The van der Waals surface area contributed by atoms with Crippen LogP contribution in [0.2, 0.25) is 0 Å². The van der Waals surface area contributed by atoms with E-state index in [1.54, 1.807) is 0 Å². The zero-order valence-electron chi connectivity index (χ0n) is 13.4. The summed E-state index contributed by atoms with van der Waals surface area (Å²) in [5.74, 6) is 1.70. The molecule has 0 aliphatic heterocycles. The van der Waals surface area contributed by atoms with Gasteiger partial charge in [-0.1, -0.05) is 51.0 Å². The molecule has 0 aromatic heterocycles. The molecule has 0 fully saturated rings. The average molecular weight is 309 g/mol. The van der Waals surface area contributed by atoms with Crippen LogP contribution < -0.4 is 5.32 Å². The Balaban J connectivity index is 3.96. The zero-order chi connectivity index (χ0) is 16.6. The lowest BCUT2D eigenvalue weighted by Gasteiger charge is -2.15. The van der Waals surface area contributed by atoms with E-state index in [2.05, 4.69) is 29.5 Å². The van der Waals surface area contributed by atoms with Crippen molar-refractivity contribution in [2.75, 3.05) is 13.2 Å². The monoisotopic (exact) mass is 309 g/mol. The molecule has 0 radical (unpaired) electrons. The van der Waals surface area contributed by atoms with Crippen LogP contribution in [0.5, 0.6) is 0 Å². The van der Waals surface area contributed by atoms with Crippen LogP contribution in [0.4, 0.5) is 4.79 Å². The Hall–Kier alpha value is -1.96. The maximum absolute atomic E-state index is 11.9. The van der Waals surface area contributed by atoms with E-state index in [0.717, 1.165) is 19.3 Å². The first kappa shape index (κ1) is 20.0. The molecule has 0 aliphatic rings. The number of nitrogens with one attached hydrogen (secondary N) is 1. The molecule has 0 aromatic rings. The van der Waals surface area contributed by atoms with Crippen LogP contribution in [0.25, 0.3) is 0 Å². The highest BCUT2D eigenvalue weighted by molar-refractivity contribution is 5.81. The predicted molar refractivity (Wildman–Crippen MR) is 86.3 cm³/mol. The molecule has 5 nitrogen and oxygen atoms in total. The number of rotatable bonds is 12. The molecule has 5 heteroatoms. The fraction of sp³-hybridized carbons (Fsp3) is 0.647. The van der Waals surface area contributed by atoms with E-state index in [-0.39, 0.29) is 13.0 Å². The number of alkyl carbamates (subject to hydrolysis) is 1. The normalized spacial score (nSPS) is 11.1. The molecule has 0 aromatic carbocycles. The molecule has 1 amide bonds. The Kier molecular flexibility index (Phi) is 12.8. The second kappa shape index (κ2) is 14.0. The first-order chi connectivity index (χ1) is 10.7. The van der Waals surface area contributed by atoms with Crippen LogP contribution >= 0.6 is 0 Å². The Labute approximate surface area is 133 Å². The van der Waals surface area contributed by atoms with Gasteiger partial charge >= 0.3 is 12.1 Å². The quantitative estimate of drug-likeness (QED) is 0.260. The highest BCUT2D eigenvalue weighted by atomic mass is 16.6. The summed E-state index contributed by atoms with van der Waals surface area (Å²) < 4.78 is 9.84. The summed E-state index contributed by atoms with van der Waals surface area (Å²) in [6.45, 7) is 5.95. The maximum atomic E-state index is 11.9. The largest absolute Gasteiger partial charge is 0.464 e. The second-order valence-electron chi connectivity index (χ2n) is 4.94. The van der Waals surface area contributed by atoms with Crippen molar-refractivity contribution in [1.29, 1.82) is 0 Å². The third-order valence-corrected chi connectivity index (χ3v) is 3.01. The van der Waals surface area contributed by atoms with Gasteiger partial charge in [0.15, 0.2) is 6.61 Å². The second-order valence-corrected chi connectivity index (χ2v) is 4.94. The van der Waals surface area contributed by atoms with Crippen molar-refractivity contribution in [3.63, 3.8) is 0 Å². The Bertz CT molecular complexity index is 373. The van der Waals surface area contributed by atoms with E-state index >= 15 is 0 Å². The molecule has 124 valence electrons. The summed E-state index contributed by atoms with van der Waals surface area (Å²) in [5.41, 5.74) is 0. The number of amides is 1. The molecule has 0 saturated heterocycles. The number of unbranched alkanes of at least 4 members (excludes halogenated alkanes) is 5. The summed E-state index contributed by atoms with van der Waals surface area (Å²) in [5, 5.41) is 2.42. The Morgan fingerprint density at radius 2 is 1.91 bits per heavy atom. The van der Waals surface area contributed by atoms with E-state index in [9.17, 15) is 9.59 Å². The van der Waals surface area contributed by atoms with Gasteiger partial charge in [0.1, 0.15) is 6.04 Å². The predicted octanol–water partition coefficient (Wildman–Crippen LogP) is 3.19. The van der Waals surface area contributed by atoms with Crippen molar-refractivity contribution >= 4 is 12.1 Å². The number of hydrogen-bond acceptors (Lipinski definition) is 4. The topological polar surface area (TPSA) is 64.6 Å². The molecular formula is C17H27NO4. The van der Waals surface area contributed by atoms with Gasteiger partial charge in [0.2, 0.25) is 0 Å². The van der Waals surface area contributed by atoms with Crippen LogP contribution in [0.1, 0.15) is 51.9 Å². The van der Waals surface area contributed by atoms with E-state index < -0.39 is 18.1 Å². The summed E-state index contributed by atoms with van der Waals surface area (Å²) in [7, 11) is 0. The number of hydrogen-bond donors (Lipinski definition) is 1. The molecule has 0 bridgehead atoms. The van der Waals surface area contributed by atoms with Crippen molar-refractivity contribution in [1.82, 2.24) is 5.32 Å². The fourth-order valence-corrected chi connectivity index (χ4v) is 1.83. The first-order valence-corrected chi connectivity index (χ1v) is 7.80. The average Bonchev–Trinajstić information content (AvgIpc) is 2.51. The minimum Gasteiger partial charge on any atom is -0.464 e. The van der Waals surface area contributed by atoms with Crippen LogP contribution in [-0.4, -0.2) is 31.3 Å². The van der Waals surface area contributed by atoms with Crippen LogP contribution in [-0.2, 0) is 14.3 Å². The van der Waals surface area contributed by atoms with Gasteiger partial charge in [0.05, 0.1) is 6.61 Å². The number of ether oxygens (including phenoxy) is 2. The SMILES string of the molecule is C#CCOC(=O)NC(CC=C)C(=O)OCCCCCCCC. The fourth-order valence-electron chi connectivity index (χ4n) is 1.83.